The summed E-state index contributed by atoms with van der Waals surface area (Å²) in [6, 6.07) is 3.18. The third kappa shape index (κ3) is 5.44. The molecule has 1 amide bonds. The molecule has 0 aliphatic carbocycles. The quantitative estimate of drug-likeness (QED) is 0.538. The van der Waals surface area contributed by atoms with E-state index in [0.717, 1.165) is 6.42 Å². The highest BCUT2D eigenvalue weighted by atomic mass is 79.9. The predicted molar refractivity (Wildman–Crippen MR) is 83.6 cm³/mol. The Hall–Kier alpha value is -1.96. The number of carbonyl (C=O) groups excluding carboxylic acids is 1. The lowest BCUT2D eigenvalue weighted by Crippen LogP contribution is -2.41. The molecule has 7 nitrogen and oxygen atoms in total. The average molecular weight is 373 g/mol. The summed E-state index contributed by atoms with van der Waals surface area (Å²) in [5, 5.41) is 22.2. The number of nitrogens with one attached hydrogen (secondary N) is 1. The van der Waals surface area contributed by atoms with E-state index in [1.807, 2.05) is 6.92 Å². The van der Waals surface area contributed by atoms with Gasteiger partial charge < -0.3 is 10.4 Å². The number of unbranched alkanes of at least 4 members (excludes halogenated alkanes) is 1. The van der Waals surface area contributed by atoms with Crippen molar-refractivity contribution >= 4 is 33.5 Å². The van der Waals surface area contributed by atoms with Gasteiger partial charge in [-0.15, -0.1) is 0 Å². The van der Waals surface area contributed by atoms with Crippen molar-refractivity contribution < 1.29 is 19.6 Å². The Morgan fingerprint density at radius 3 is 2.64 bits per heavy atom. The standard InChI is InChI=1S/C14H17BrN2O5/c1-2-3-4-12(14(19)20)16-13(18)7-9-5-6-10(17(21)22)8-11(9)15/h5-6,8,12H,2-4,7H2,1H3,(H,16,18)(H,19,20). The molecular weight excluding hydrogens is 356 g/mol. The fourth-order valence-corrected chi connectivity index (χ4v) is 2.38. The van der Waals surface area contributed by atoms with Crippen LogP contribution in [0.5, 0.6) is 0 Å². The minimum Gasteiger partial charge on any atom is -0.480 e. The van der Waals surface area contributed by atoms with Crippen molar-refractivity contribution in [3.63, 3.8) is 0 Å². The first-order valence-electron chi connectivity index (χ1n) is 6.80. The second-order valence-corrected chi connectivity index (χ2v) is 5.66. The van der Waals surface area contributed by atoms with Gasteiger partial charge in [-0.25, -0.2) is 4.79 Å². The first-order chi connectivity index (χ1) is 10.3. The molecule has 1 unspecified atom stereocenters. The molecule has 2 N–H and O–H groups in total. The Morgan fingerprint density at radius 1 is 1.45 bits per heavy atom. The molecule has 0 aromatic heterocycles. The molecule has 0 heterocycles. The lowest BCUT2D eigenvalue weighted by Gasteiger charge is -2.14. The van der Waals surface area contributed by atoms with Crippen LogP contribution in [0.4, 0.5) is 5.69 Å². The lowest BCUT2D eigenvalue weighted by molar-refractivity contribution is -0.384. The number of carboxylic acids is 1. The normalized spacial score (nSPS) is 11.7. The summed E-state index contributed by atoms with van der Waals surface area (Å²) in [4.78, 5) is 33.1. The Balaban J connectivity index is 2.71. The predicted octanol–water partition coefficient (Wildman–Crippen LogP) is 2.66. The number of hydrogen-bond donors (Lipinski definition) is 2. The molecule has 1 aromatic rings. The van der Waals surface area contributed by atoms with Gasteiger partial charge in [0.25, 0.3) is 5.69 Å². The van der Waals surface area contributed by atoms with Gasteiger partial charge in [0.1, 0.15) is 6.04 Å². The van der Waals surface area contributed by atoms with Gasteiger partial charge >= 0.3 is 5.97 Å². The molecule has 22 heavy (non-hydrogen) atoms. The van der Waals surface area contributed by atoms with E-state index in [4.69, 9.17) is 5.11 Å². The van der Waals surface area contributed by atoms with Gasteiger partial charge in [-0.05, 0) is 12.0 Å². The van der Waals surface area contributed by atoms with E-state index in [-0.39, 0.29) is 12.1 Å². The largest absolute Gasteiger partial charge is 0.480 e. The van der Waals surface area contributed by atoms with Crippen LogP contribution in [0.15, 0.2) is 22.7 Å². The van der Waals surface area contributed by atoms with Crippen LogP contribution in [0.2, 0.25) is 0 Å². The molecule has 0 spiro atoms. The number of benzene rings is 1. The van der Waals surface area contributed by atoms with E-state index in [2.05, 4.69) is 21.2 Å². The summed E-state index contributed by atoms with van der Waals surface area (Å²) in [6.07, 6.45) is 1.87. The average Bonchev–Trinajstić information content (AvgIpc) is 2.45. The Kier molecular flexibility index (Phi) is 6.97. The number of non-ortho nitro benzene ring substituents is 1. The zero-order valence-electron chi connectivity index (χ0n) is 12.0. The van der Waals surface area contributed by atoms with Gasteiger partial charge in [-0.1, -0.05) is 41.8 Å². The van der Waals surface area contributed by atoms with Crippen LogP contribution in [0.1, 0.15) is 31.7 Å². The van der Waals surface area contributed by atoms with Crippen LogP contribution in [-0.2, 0) is 16.0 Å². The van der Waals surface area contributed by atoms with Crippen molar-refractivity contribution in [2.45, 2.75) is 38.6 Å². The topological polar surface area (TPSA) is 110 Å². The molecule has 1 rings (SSSR count). The van der Waals surface area contributed by atoms with Gasteiger partial charge in [-0.3, -0.25) is 14.9 Å². The van der Waals surface area contributed by atoms with E-state index in [0.29, 0.717) is 22.9 Å². The molecule has 0 saturated heterocycles. The smallest absolute Gasteiger partial charge is 0.326 e. The number of rotatable bonds is 8. The summed E-state index contributed by atoms with van der Waals surface area (Å²) in [7, 11) is 0. The van der Waals surface area contributed by atoms with Crippen LogP contribution in [-0.4, -0.2) is 27.9 Å². The minimum absolute atomic E-state index is 0.0471. The van der Waals surface area contributed by atoms with Gasteiger partial charge in [0.05, 0.1) is 11.3 Å². The molecule has 0 radical (unpaired) electrons. The van der Waals surface area contributed by atoms with E-state index in [9.17, 15) is 19.7 Å². The second-order valence-electron chi connectivity index (χ2n) is 4.81. The van der Waals surface area contributed by atoms with Gasteiger partial charge in [0.15, 0.2) is 0 Å². The van der Waals surface area contributed by atoms with Crippen LogP contribution in [0.3, 0.4) is 0 Å². The fourth-order valence-electron chi connectivity index (χ4n) is 1.88. The Labute approximate surface area is 136 Å². The Morgan fingerprint density at radius 2 is 2.14 bits per heavy atom. The third-order valence-corrected chi connectivity index (χ3v) is 3.82. The monoisotopic (exact) mass is 372 g/mol. The third-order valence-electron chi connectivity index (χ3n) is 3.08. The SMILES string of the molecule is CCCCC(NC(=O)Cc1ccc([N+](=O)[O-])cc1Br)C(=O)O. The highest BCUT2D eigenvalue weighted by Crippen LogP contribution is 2.23. The fraction of sp³-hybridized carbons (Fsp3) is 0.429. The molecule has 0 aliphatic rings. The number of halogens is 1. The first-order valence-corrected chi connectivity index (χ1v) is 7.59. The maximum Gasteiger partial charge on any atom is 0.326 e. The number of amides is 1. The summed E-state index contributed by atoms with van der Waals surface area (Å²) < 4.78 is 0.442. The van der Waals surface area contributed by atoms with Crippen LogP contribution in [0.25, 0.3) is 0 Å². The van der Waals surface area contributed by atoms with E-state index < -0.39 is 22.8 Å². The van der Waals surface area contributed by atoms with Crippen LogP contribution >= 0.6 is 15.9 Å². The zero-order chi connectivity index (χ0) is 16.7. The molecule has 0 bridgehead atoms. The number of aliphatic carboxylic acids is 1. The summed E-state index contributed by atoms with van der Waals surface area (Å²) in [5.41, 5.74) is 0.477. The first kappa shape index (κ1) is 18.1. The Bertz CT molecular complexity index is 576. The maximum atomic E-state index is 11.9. The highest BCUT2D eigenvalue weighted by Gasteiger charge is 2.20. The van der Waals surface area contributed by atoms with Gasteiger partial charge in [0.2, 0.25) is 5.91 Å². The number of hydrogen-bond acceptors (Lipinski definition) is 4. The van der Waals surface area contributed by atoms with Gasteiger partial charge in [-0.2, -0.15) is 0 Å². The van der Waals surface area contributed by atoms with Gasteiger partial charge in [0, 0.05) is 16.6 Å². The van der Waals surface area contributed by atoms with E-state index in [1.54, 1.807) is 0 Å². The second kappa shape index (κ2) is 8.47. The molecule has 0 aliphatic heterocycles. The summed E-state index contributed by atoms with van der Waals surface area (Å²) in [6.45, 7) is 1.94. The van der Waals surface area contributed by atoms with Crippen LogP contribution in [0, 0.1) is 10.1 Å². The van der Waals surface area contributed by atoms with Crippen molar-refractivity contribution in [2.24, 2.45) is 0 Å². The molecule has 1 aromatic carbocycles. The molecule has 1 atom stereocenters. The molecule has 0 saturated carbocycles. The zero-order valence-corrected chi connectivity index (χ0v) is 13.6. The number of carboxylic acid groups (broad SMARTS) is 1. The van der Waals surface area contributed by atoms with E-state index in [1.165, 1.54) is 18.2 Å². The lowest BCUT2D eigenvalue weighted by atomic mass is 10.1. The van der Waals surface area contributed by atoms with Crippen molar-refractivity contribution in [1.29, 1.82) is 0 Å². The summed E-state index contributed by atoms with van der Waals surface area (Å²) in [5.74, 6) is -1.50. The van der Waals surface area contributed by atoms with E-state index >= 15 is 0 Å². The van der Waals surface area contributed by atoms with Crippen molar-refractivity contribution in [3.05, 3.63) is 38.3 Å². The number of nitro groups is 1. The summed E-state index contributed by atoms with van der Waals surface area (Å²) >= 11 is 3.18. The maximum absolute atomic E-state index is 11.9. The molecular formula is C14H17BrN2O5. The highest BCUT2D eigenvalue weighted by molar-refractivity contribution is 9.10. The molecule has 120 valence electrons. The van der Waals surface area contributed by atoms with Crippen molar-refractivity contribution in [3.8, 4) is 0 Å². The molecule has 0 fully saturated rings. The number of nitrogens with zero attached hydrogens (tertiary/aromatic N) is 1. The number of nitro benzene ring substituents is 1. The number of carbonyl (C=O) groups is 2. The molecule has 8 heteroatoms. The van der Waals surface area contributed by atoms with Crippen molar-refractivity contribution in [1.82, 2.24) is 5.32 Å². The van der Waals surface area contributed by atoms with Crippen LogP contribution < -0.4 is 5.32 Å². The van der Waals surface area contributed by atoms with Crippen molar-refractivity contribution in [2.75, 3.05) is 0 Å². The minimum atomic E-state index is -1.07.